The average molecular weight is 357 g/mol. The number of halogens is 2. The van der Waals surface area contributed by atoms with Crippen molar-refractivity contribution < 1.29 is 10.4 Å². The van der Waals surface area contributed by atoms with E-state index >= 15 is 0 Å². The van der Waals surface area contributed by atoms with Gasteiger partial charge in [0.05, 0.1) is 0 Å². The van der Waals surface area contributed by atoms with Crippen LogP contribution in [0.25, 0.3) is 0 Å². The van der Waals surface area contributed by atoms with E-state index in [4.69, 9.17) is 23.2 Å². The van der Waals surface area contributed by atoms with E-state index in [1.807, 2.05) is 55.5 Å². The third-order valence-electron chi connectivity index (χ3n) is 3.22. The van der Waals surface area contributed by atoms with Crippen LogP contribution in [0.5, 0.6) is 0 Å². The number of nitrogens with two attached hydrogens (primary N) is 1. The second-order valence-electron chi connectivity index (χ2n) is 5.57. The number of aliphatic hydroxyl groups is 1. The molecule has 0 bridgehead atoms. The quantitative estimate of drug-likeness (QED) is 0.743. The summed E-state index contributed by atoms with van der Waals surface area (Å²) < 4.78 is 0. The molecule has 0 saturated heterocycles. The molecule has 5 heteroatoms. The van der Waals surface area contributed by atoms with Crippen LogP contribution in [-0.4, -0.2) is 23.0 Å². The van der Waals surface area contributed by atoms with E-state index in [1.165, 1.54) is 0 Å². The number of quaternary nitrogens is 1. The maximum absolute atomic E-state index is 10.5. The van der Waals surface area contributed by atoms with Gasteiger partial charge >= 0.3 is 0 Å². The second-order valence-corrected chi connectivity index (χ2v) is 7.49. The van der Waals surface area contributed by atoms with Gasteiger partial charge in [0.15, 0.2) is 0 Å². The number of thioether (sulfide) groups is 1. The Morgan fingerprint density at radius 2 is 1.82 bits per heavy atom. The van der Waals surface area contributed by atoms with Gasteiger partial charge in [0, 0.05) is 26.3 Å². The highest BCUT2D eigenvalue weighted by atomic mass is 35.5. The van der Waals surface area contributed by atoms with Gasteiger partial charge in [-0.2, -0.15) is 0 Å². The first kappa shape index (κ1) is 17.6. The monoisotopic (exact) mass is 356 g/mol. The fraction of sp³-hybridized carbons (Fsp3) is 0.294. The molecule has 0 aromatic heterocycles. The zero-order valence-electron chi connectivity index (χ0n) is 12.4. The topological polar surface area (TPSA) is 36.8 Å². The van der Waals surface area contributed by atoms with Crippen molar-refractivity contribution in [1.29, 1.82) is 0 Å². The van der Waals surface area contributed by atoms with Crippen molar-refractivity contribution in [3.05, 3.63) is 64.1 Å². The van der Waals surface area contributed by atoms with Crippen LogP contribution in [-0.2, 0) is 6.54 Å². The van der Waals surface area contributed by atoms with Crippen LogP contribution in [0, 0.1) is 0 Å². The molecule has 22 heavy (non-hydrogen) atoms. The molecule has 0 saturated carbocycles. The summed E-state index contributed by atoms with van der Waals surface area (Å²) in [6.45, 7) is 3.31. The zero-order valence-corrected chi connectivity index (χ0v) is 14.8. The van der Waals surface area contributed by atoms with Crippen molar-refractivity contribution in [1.82, 2.24) is 0 Å². The van der Waals surface area contributed by atoms with Gasteiger partial charge in [0.25, 0.3) is 0 Å². The minimum atomic E-state index is -0.733. The minimum Gasteiger partial charge on any atom is -0.383 e. The Labute approximate surface area is 145 Å². The summed E-state index contributed by atoms with van der Waals surface area (Å²) in [6.07, 6.45) is 0. The van der Waals surface area contributed by atoms with Crippen molar-refractivity contribution in [3.63, 3.8) is 0 Å². The lowest BCUT2D eigenvalue weighted by Crippen LogP contribution is -2.86. The van der Waals surface area contributed by atoms with Crippen molar-refractivity contribution in [2.45, 2.75) is 24.0 Å². The van der Waals surface area contributed by atoms with Crippen LogP contribution in [0.3, 0.4) is 0 Å². The van der Waals surface area contributed by atoms with Gasteiger partial charge < -0.3 is 10.4 Å². The SMILES string of the molecule is C[C@](O)(C[NH2+]Cc1cccc(Cl)c1)CSc1ccc(Cl)cc1. The first-order valence-corrected chi connectivity index (χ1v) is 8.86. The van der Waals surface area contributed by atoms with Crippen LogP contribution < -0.4 is 5.32 Å². The molecule has 0 spiro atoms. The fourth-order valence-corrected chi connectivity index (χ4v) is 3.31. The summed E-state index contributed by atoms with van der Waals surface area (Å²) in [4.78, 5) is 1.11. The Morgan fingerprint density at radius 1 is 1.09 bits per heavy atom. The van der Waals surface area contributed by atoms with E-state index in [1.54, 1.807) is 11.8 Å². The summed E-state index contributed by atoms with van der Waals surface area (Å²) in [5.74, 6) is 0.640. The smallest absolute Gasteiger partial charge is 0.120 e. The standard InChI is InChI=1S/C17H19Cl2NOS/c1-17(21,12-22-16-7-5-14(18)6-8-16)11-20-10-13-3-2-4-15(19)9-13/h2-9,20-21H,10-12H2,1H3/p+1/t17-/m0/s1. The van der Waals surface area contributed by atoms with Crippen molar-refractivity contribution in [3.8, 4) is 0 Å². The predicted octanol–water partition coefficient (Wildman–Crippen LogP) is 3.60. The number of benzene rings is 2. The highest BCUT2D eigenvalue weighted by molar-refractivity contribution is 7.99. The largest absolute Gasteiger partial charge is 0.383 e. The molecular formula is C17H20Cl2NOS+. The highest BCUT2D eigenvalue weighted by Crippen LogP contribution is 2.23. The van der Waals surface area contributed by atoms with Crippen molar-refractivity contribution >= 4 is 35.0 Å². The van der Waals surface area contributed by atoms with Crippen LogP contribution in [0.2, 0.25) is 10.0 Å². The first-order valence-electron chi connectivity index (χ1n) is 7.11. The number of rotatable bonds is 7. The predicted molar refractivity (Wildman–Crippen MR) is 94.7 cm³/mol. The molecule has 0 heterocycles. The van der Waals surface area contributed by atoms with Gasteiger partial charge in [-0.3, -0.25) is 0 Å². The third kappa shape index (κ3) is 6.19. The summed E-state index contributed by atoms with van der Waals surface area (Å²) in [5, 5.41) is 14.0. The van der Waals surface area contributed by atoms with E-state index in [-0.39, 0.29) is 0 Å². The second kappa shape index (κ2) is 8.23. The van der Waals surface area contributed by atoms with Gasteiger partial charge in [-0.05, 0) is 43.3 Å². The van der Waals surface area contributed by atoms with E-state index < -0.39 is 5.60 Å². The highest BCUT2D eigenvalue weighted by Gasteiger charge is 2.22. The Hall–Kier alpha value is -0.710. The molecule has 0 aliphatic rings. The van der Waals surface area contributed by atoms with Gasteiger partial charge in [-0.15, -0.1) is 11.8 Å². The average Bonchev–Trinajstić information content (AvgIpc) is 2.47. The van der Waals surface area contributed by atoms with Crippen molar-refractivity contribution in [2.75, 3.05) is 12.3 Å². The molecule has 2 nitrogen and oxygen atoms in total. The molecule has 2 aromatic rings. The molecule has 3 N–H and O–H groups in total. The maximum atomic E-state index is 10.5. The molecule has 118 valence electrons. The summed E-state index contributed by atoms with van der Waals surface area (Å²) >= 11 is 13.5. The Kier molecular flexibility index (Phi) is 6.60. The normalized spacial score (nSPS) is 13.8. The van der Waals surface area contributed by atoms with Crippen molar-refractivity contribution in [2.24, 2.45) is 0 Å². The summed E-state index contributed by atoms with van der Waals surface area (Å²) in [7, 11) is 0. The molecule has 0 aliphatic carbocycles. The Bertz CT molecular complexity index is 602. The number of hydrogen-bond donors (Lipinski definition) is 2. The van der Waals surface area contributed by atoms with Crippen LogP contribution in [0.4, 0.5) is 0 Å². The molecule has 2 aromatic carbocycles. The van der Waals surface area contributed by atoms with E-state index in [0.717, 1.165) is 27.0 Å². The Morgan fingerprint density at radius 3 is 2.50 bits per heavy atom. The lowest BCUT2D eigenvalue weighted by atomic mass is 10.1. The molecule has 0 fully saturated rings. The number of hydrogen-bond acceptors (Lipinski definition) is 2. The van der Waals surface area contributed by atoms with Crippen LogP contribution >= 0.6 is 35.0 Å². The van der Waals surface area contributed by atoms with Crippen LogP contribution in [0.15, 0.2) is 53.4 Å². The maximum Gasteiger partial charge on any atom is 0.120 e. The van der Waals surface area contributed by atoms with Gasteiger partial charge in [-0.1, -0.05) is 35.3 Å². The van der Waals surface area contributed by atoms with Gasteiger partial charge in [0.2, 0.25) is 0 Å². The molecule has 0 radical (unpaired) electrons. The molecular weight excluding hydrogens is 337 g/mol. The lowest BCUT2D eigenvalue weighted by Gasteiger charge is -2.21. The molecule has 0 unspecified atom stereocenters. The molecule has 0 aliphatic heterocycles. The van der Waals surface area contributed by atoms with E-state index in [9.17, 15) is 5.11 Å². The summed E-state index contributed by atoms with van der Waals surface area (Å²) in [5.41, 5.74) is 0.428. The van der Waals surface area contributed by atoms with E-state index in [0.29, 0.717) is 12.3 Å². The fourth-order valence-electron chi connectivity index (χ4n) is 2.04. The zero-order chi connectivity index (χ0) is 16.0. The van der Waals surface area contributed by atoms with E-state index in [2.05, 4.69) is 5.32 Å². The molecule has 1 atom stereocenters. The van der Waals surface area contributed by atoms with Gasteiger partial charge in [-0.25, -0.2) is 0 Å². The van der Waals surface area contributed by atoms with Crippen LogP contribution in [0.1, 0.15) is 12.5 Å². The lowest BCUT2D eigenvalue weighted by molar-refractivity contribution is -0.681. The Balaban J connectivity index is 1.77. The third-order valence-corrected chi connectivity index (χ3v) is 5.08. The van der Waals surface area contributed by atoms with Gasteiger partial charge in [0.1, 0.15) is 18.7 Å². The molecule has 2 rings (SSSR count). The first-order chi connectivity index (χ1) is 10.4. The molecule has 0 amide bonds. The minimum absolute atomic E-state index is 0.639. The summed E-state index contributed by atoms with van der Waals surface area (Å²) in [6, 6.07) is 15.5.